The Morgan fingerprint density at radius 2 is 1.69 bits per heavy atom. The smallest absolute Gasteiger partial charge is 0.335 e. The number of carbonyl (C=O) groups is 1. The van der Waals surface area contributed by atoms with Crippen molar-refractivity contribution in [3.05, 3.63) is 68.6 Å². The van der Waals surface area contributed by atoms with Gasteiger partial charge in [-0.05, 0) is 93.3 Å². The number of hydrogen-bond acceptors (Lipinski definition) is 3. The highest BCUT2D eigenvalue weighted by molar-refractivity contribution is 5.87. The molecule has 2 aromatic rings. The van der Waals surface area contributed by atoms with Crippen LogP contribution >= 0.6 is 0 Å². The van der Waals surface area contributed by atoms with Gasteiger partial charge in [-0.25, -0.2) is 4.79 Å². The number of nitrogens with zero attached hydrogens (tertiary/aromatic N) is 2. The van der Waals surface area contributed by atoms with E-state index in [4.69, 9.17) is 5.11 Å². The van der Waals surface area contributed by atoms with E-state index in [1.807, 2.05) is 23.6 Å². The summed E-state index contributed by atoms with van der Waals surface area (Å²) in [7, 11) is 0. The summed E-state index contributed by atoms with van der Waals surface area (Å²) in [4.78, 5) is 26.5. The minimum Gasteiger partial charge on any atom is -0.478 e. The highest BCUT2D eigenvalue weighted by Gasteiger charge is 2.29. The van der Waals surface area contributed by atoms with E-state index in [9.17, 15) is 9.59 Å². The SMILES string of the molecule is CC(C)C.Cc1cc(C2CC2)c(CN2CCCC2)n(CCc2ccc(C(=O)O)cc2)c1=O. The lowest BCUT2D eigenvalue weighted by molar-refractivity contribution is 0.0697. The van der Waals surface area contributed by atoms with Crippen molar-refractivity contribution >= 4 is 5.97 Å². The molecule has 5 heteroatoms. The maximum absolute atomic E-state index is 13.0. The van der Waals surface area contributed by atoms with Gasteiger partial charge in [-0.2, -0.15) is 0 Å². The largest absolute Gasteiger partial charge is 0.478 e. The maximum atomic E-state index is 13.0. The summed E-state index contributed by atoms with van der Waals surface area (Å²) >= 11 is 0. The summed E-state index contributed by atoms with van der Waals surface area (Å²) < 4.78 is 1.99. The van der Waals surface area contributed by atoms with Gasteiger partial charge in [-0.3, -0.25) is 9.69 Å². The minimum atomic E-state index is -0.913. The molecule has 1 saturated carbocycles. The molecule has 1 aliphatic heterocycles. The Bertz CT molecular complexity index is 963. The fraction of sp³-hybridized carbons (Fsp3) is 0.556. The second-order valence-corrected chi connectivity index (χ2v) is 9.93. The van der Waals surface area contributed by atoms with Gasteiger partial charge < -0.3 is 9.67 Å². The van der Waals surface area contributed by atoms with Crippen LogP contribution in [0.25, 0.3) is 0 Å². The van der Waals surface area contributed by atoms with Gasteiger partial charge in [-0.1, -0.05) is 32.9 Å². The van der Waals surface area contributed by atoms with Crippen molar-refractivity contribution in [2.45, 2.75) is 78.8 Å². The molecule has 1 saturated heterocycles. The molecule has 32 heavy (non-hydrogen) atoms. The van der Waals surface area contributed by atoms with Gasteiger partial charge in [0.2, 0.25) is 0 Å². The molecule has 0 bridgehead atoms. The summed E-state index contributed by atoms with van der Waals surface area (Å²) in [5, 5.41) is 9.06. The second-order valence-electron chi connectivity index (χ2n) is 9.93. The Hall–Kier alpha value is -2.40. The molecule has 1 N–H and O–H groups in total. The summed E-state index contributed by atoms with van der Waals surface area (Å²) in [5.41, 5.74) is 4.85. The summed E-state index contributed by atoms with van der Waals surface area (Å²) in [6.07, 6.45) is 5.65. The van der Waals surface area contributed by atoms with Crippen LogP contribution in [0, 0.1) is 12.8 Å². The number of aromatic nitrogens is 1. The lowest BCUT2D eigenvalue weighted by Gasteiger charge is -2.23. The molecule has 0 unspecified atom stereocenters. The van der Waals surface area contributed by atoms with Crippen LogP contribution < -0.4 is 5.56 Å². The van der Waals surface area contributed by atoms with Crippen molar-refractivity contribution in [1.29, 1.82) is 0 Å². The molecule has 4 rings (SSSR count). The predicted octanol–water partition coefficient (Wildman–Crippen LogP) is 5.23. The lowest BCUT2D eigenvalue weighted by Crippen LogP contribution is -2.31. The van der Waals surface area contributed by atoms with E-state index in [0.29, 0.717) is 18.0 Å². The molecular weight excluding hydrogens is 400 g/mol. The summed E-state index contributed by atoms with van der Waals surface area (Å²) in [5.74, 6) is 0.529. The fourth-order valence-corrected chi connectivity index (χ4v) is 4.24. The van der Waals surface area contributed by atoms with Crippen LogP contribution in [0.5, 0.6) is 0 Å². The summed E-state index contributed by atoms with van der Waals surface area (Å²) in [6, 6.07) is 9.11. The van der Waals surface area contributed by atoms with Gasteiger partial charge in [0, 0.05) is 24.3 Å². The van der Waals surface area contributed by atoms with Crippen LogP contribution in [-0.4, -0.2) is 33.6 Å². The molecule has 0 atom stereocenters. The highest BCUT2D eigenvalue weighted by atomic mass is 16.4. The Kier molecular flexibility index (Phi) is 8.30. The number of aryl methyl sites for hydroxylation is 2. The van der Waals surface area contributed by atoms with Gasteiger partial charge in [0.15, 0.2) is 0 Å². The monoisotopic (exact) mass is 438 g/mol. The topological polar surface area (TPSA) is 62.5 Å². The van der Waals surface area contributed by atoms with Crippen LogP contribution in [0.15, 0.2) is 35.1 Å². The van der Waals surface area contributed by atoms with Gasteiger partial charge in [0.25, 0.3) is 5.56 Å². The number of hydrogen-bond donors (Lipinski definition) is 1. The average molecular weight is 439 g/mol. The Morgan fingerprint density at radius 3 is 2.22 bits per heavy atom. The fourth-order valence-electron chi connectivity index (χ4n) is 4.24. The van der Waals surface area contributed by atoms with Crippen LogP contribution in [0.3, 0.4) is 0 Å². The Morgan fingerprint density at radius 1 is 1.09 bits per heavy atom. The standard InChI is InChI=1S/C23H28N2O3.C4H10/c1-16-14-20(18-8-9-18)21(15-24-11-2-3-12-24)25(22(16)26)13-10-17-4-6-19(7-5-17)23(27)28;1-4(2)3/h4-7,14,18H,2-3,8-13,15H2,1H3,(H,27,28);4H,1-3H3. The van der Waals surface area contributed by atoms with E-state index >= 15 is 0 Å². The normalized spacial score (nSPS) is 16.2. The zero-order valence-electron chi connectivity index (χ0n) is 20.1. The Balaban J connectivity index is 0.000000668. The van der Waals surface area contributed by atoms with E-state index < -0.39 is 5.97 Å². The van der Waals surface area contributed by atoms with Crippen LogP contribution in [0.1, 0.15) is 85.1 Å². The number of pyridine rings is 1. The number of aromatic carboxylic acids is 1. The molecular formula is C27H38N2O3. The predicted molar refractivity (Wildman–Crippen MR) is 130 cm³/mol. The zero-order chi connectivity index (χ0) is 23.3. The van der Waals surface area contributed by atoms with E-state index in [1.54, 1.807) is 12.1 Å². The first-order valence-electron chi connectivity index (χ1n) is 12.0. The molecule has 1 aromatic heterocycles. The molecule has 1 aromatic carbocycles. The number of carboxylic acids is 1. The number of benzene rings is 1. The van der Waals surface area contributed by atoms with Crippen LogP contribution in [0.4, 0.5) is 0 Å². The first kappa shape index (κ1) is 24.2. The second kappa shape index (κ2) is 11.0. The van der Waals surface area contributed by atoms with Crippen molar-refractivity contribution in [2.24, 2.45) is 5.92 Å². The molecule has 1 aliphatic carbocycles. The van der Waals surface area contributed by atoms with Gasteiger partial charge in [-0.15, -0.1) is 0 Å². The molecule has 0 radical (unpaired) electrons. The highest BCUT2D eigenvalue weighted by Crippen LogP contribution is 2.42. The van der Waals surface area contributed by atoms with E-state index in [0.717, 1.165) is 43.1 Å². The van der Waals surface area contributed by atoms with Gasteiger partial charge in [0.05, 0.1) is 5.56 Å². The third kappa shape index (κ3) is 6.55. The van der Waals surface area contributed by atoms with Crippen molar-refractivity contribution in [3.8, 4) is 0 Å². The molecule has 5 nitrogen and oxygen atoms in total. The van der Waals surface area contributed by atoms with Crippen LogP contribution in [0.2, 0.25) is 0 Å². The maximum Gasteiger partial charge on any atom is 0.335 e. The zero-order valence-corrected chi connectivity index (χ0v) is 20.1. The molecule has 0 spiro atoms. The lowest BCUT2D eigenvalue weighted by atomic mass is 10.0. The van der Waals surface area contributed by atoms with E-state index in [-0.39, 0.29) is 5.56 Å². The Labute approximate surface area is 192 Å². The molecule has 2 fully saturated rings. The van der Waals surface area contributed by atoms with E-state index in [1.165, 1.54) is 36.9 Å². The average Bonchev–Trinajstić information content (AvgIpc) is 3.46. The first-order valence-corrected chi connectivity index (χ1v) is 12.0. The number of rotatable bonds is 7. The third-order valence-corrected chi connectivity index (χ3v) is 6.03. The quantitative estimate of drug-likeness (QED) is 0.643. The number of likely N-dealkylation sites (tertiary alicyclic amines) is 1. The van der Waals surface area contributed by atoms with Crippen molar-refractivity contribution in [2.75, 3.05) is 13.1 Å². The van der Waals surface area contributed by atoms with Gasteiger partial charge in [0.1, 0.15) is 0 Å². The molecule has 0 amide bonds. The molecule has 174 valence electrons. The van der Waals surface area contributed by atoms with Crippen molar-refractivity contribution in [3.63, 3.8) is 0 Å². The molecule has 2 heterocycles. The number of carboxylic acid groups (broad SMARTS) is 1. The minimum absolute atomic E-state index is 0.112. The van der Waals surface area contributed by atoms with Gasteiger partial charge >= 0.3 is 5.97 Å². The first-order chi connectivity index (χ1) is 15.3. The van der Waals surface area contributed by atoms with E-state index in [2.05, 4.69) is 31.7 Å². The molecule has 2 aliphatic rings. The van der Waals surface area contributed by atoms with Crippen molar-refractivity contribution < 1.29 is 9.90 Å². The third-order valence-electron chi connectivity index (χ3n) is 6.03. The van der Waals surface area contributed by atoms with Crippen molar-refractivity contribution in [1.82, 2.24) is 9.47 Å². The summed E-state index contributed by atoms with van der Waals surface area (Å²) in [6.45, 7) is 12.1. The van der Waals surface area contributed by atoms with Crippen LogP contribution in [-0.2, 0) is 19.5 Å².